The number of thiophene rings is 1. The van der Waals surface area contributed by atoms with Gasteiger partial charge in [0.05, 0.1) is 12.7 Å². The van der Waals surface area contributed by atoms with Crippen molar-refractivity contribution in [1.82, 2.24) is 9.21 Å². The van der Waals surface area contributed by atoms with Gasteiger partial charge in [0.2, 0.25) is 0 Å². The van der Waals surface area contributed by atoms with E-state index in [0.29, 0.717) is 26.1 Å². The van der Waals surface area contributed by atoms with Crippen molar-refractivity contribution in [3.05, 3.63) is 45.8 Å². The lowest BCUT2D eigenvalue weighted by Crippen LogP contribution is -2.38. The number of fused-ring (bicyclic) bond motifs is 1. The molecule has 4 rings (SSSR count). The van der Waals surface area contributed by atoms with Crippen molar-refractivity contribution in [1.29, 1.82) is 0 Å². The highest BCUT2D eigenvalue weighted by Crippen LogP contribution is 2.39. The Balaban J connectivity index is 1.61. The summed E-state index contributed by atoms with van der Waals surface area (Å²) >= 11 is 1.24. The number of esters is 1. The van der Waals surface area contributed by atoms with Crippen molar-refractivity contribution < 1.29 is 23.1 Å². The highest BCUT2D eigenvalue weighted by atomic mass is 32.2. The average Bonchev–Trinajstić information content (AvgIpc) is 2.98. The van der Waals surface area contributed by atoms with Crippen molar-refractivity contribution in [3.63, 3.8) is 0 Å². The predicted octanol–water partition coefficient (Wildman–Crippen LogP) is 3.79. The number of ether oxygens (including phenoxy) is 1. The molecule has 0 spiro atoms. The minimum atomic E-state index is -3.75. The first-order chi connectivity index (χ1) is 15.8. The van der Waals surface area contributed by atoms with Gasteiger partial charge < -0.3 is 9.84 Å². The first-order valence-corrected chi connectivity index (χ1v) is 13.8. The third-order valence-electron chi connectivity index (χ3n) is 6.67. The van der Waals surface area contributed by atoms with Gasteiger partial charge in [-0.05, 0) is 55.9 Å². The number of methoxy groups -OCH3 is 1. The first kappa shape index (κ1) is 24.2. The van der Waals surface area contributed by atoms with Gasteiger partial charge in [-0.1, -0.05) is 25.0 Å². The second-order valence-electron chi connectivity index (χ2n) is 8.92. The van der Waals surface area contributed by atoms with Gasteiger partial charge in [0, 0.05) is 37.1 Å². The normalized spacial score (nSPS) is 19.0. The summed E-state index contributed by atoms with van der Waals surface area (Å²) in [5.74, 6) is -0.312. The lowest BCUT2D eigenvalue weighted by Gasteiger charge is -2.32. The van der Waals surface area contributed by atoms with Gasteiger partial charge in [0.25, 0.3) is 10.0 Å². The van der Waals surface area contributed by atoms with Crippen LogP contribution in [-0.4, -0.2) is 61.5 Å². The number of rotatable bonds is 6. The second-order valence-corrected chi connectivity index (χ2v) is 12.2. The first-order valence-electron chi connectivity index (χ1n) is 11.6. The van der Waals surface area contributed by atoms with E-state index in [2.05, 4.69) is 11.8 Å². The number of sulfonamides is 1. The SMILES string of the molecule is COC(=O)c1c(S(=O)(=O)N2CCCCCC2)sc2c1CCN(C(C)Cc1ccc(O)cc1)C2. The summed E-state index contributed by atoms with van der Waals surface area (Å²) in [6.07, 6.45) is 5.20. The lowest BCUT2D eigenvalue weighted by molar-refractivity contribution is 0.0595. The summed E-state index contributed by atoms with van der Waals surface area (Å²) in [7, 11) is -2.44. The summed E-state index contributed by atoms with van der Waals surface area (Å²) < 4.78 is 33.9. The molecule has 1 aromatic heterocycles. The minimum absolute atomic E-state index is 0.147. The van der Waals surface area contributed by atoms with Crippen LogP contribution in [0.15, 0.2) is 28.5 Å². The Labute approximate surface area is 200 Å². The zero-order valence-electron chi connectivity index (χ0n) is 19.2. The molecule has 0 aliphatic carbocycles. The smallest absolute Gasteiger partial charge is 0.340 e. The molecule has 180 valence electrons. The van der Waals surface area contributed by atoms with E-state index in [1.54, 1.807) is 16.4 Å². The van der Waals surface area contributed by atoms with Crippen molar-refractivity contribution >= 4 is 27.3 Å². The standard InChI is InChI=1S/C24H32N2O5S2/c1-17(15-18-7-9-19(27)10-8-18)25-14-11-20-21(16-25)32-24(22(20)23(28)31-2)33(29,30)26-12-5-3-4-6-13-26/h7-10,17,27H,3-6,11-16H2,1-2H3. The van der Waals surface area contributed by atoms with Crippen LogP contribution in [0.5, 0.6) is 5.75 Å². The van der Waals surface area contributed by atoms with E-state index in [1.165, 1.54) is 18.4 Å². The van der Waals surface area contributed by atoms with Crippen molar-refractivity contribution in [2.24, 2.45) is 0 Å². The number of nitrogens with zero attached hydrogens (tertiary/aromatic N) is 2. The van der Waals surface area contributed by atoms with Crippen LogP contribution in [0.3, 0.4) is 0 Å². The summed E-state index contributed by atoms with van der Waals surface area (Å²) in [4.78, 5) is 16.0. The Hall–Kier alpha value is -1.94. The average molecular weight is 493 g/mol. The predicted molar refractivity (Wildman–Crippen MR) is 128 cm³/mol. The lowest BCUT2D eigenvalue weighted by atomic mass is 10.00. The van der Waals surface area contributed by atoms with Crippen LogP contribution in [0.2, 0.25) is 0 Å². The van der Waals surface area contributed by atoms with E-state index >= 15 is 0 Å². The van der Waals surface area contributed by atoms with Gasteiger partial charge in [-0.25, -0.2) is 13.2 Å². The topological polar surface area (TPSA) is 87.2 Å². The van der Waals surface area contributed by atoms with E-state index < -0.39 is 16.0 Å². The van der Waals surface area contributed by atoms with Crippen LogP contribution in [0, 0.1) is 0 Å². The fraction of sp³-hybridized carbons (Fsp3) is 0.542. The number of carbonyl (C=O) groups is 1. The molecule has 33 heavy (non-hydrogen) atoms. The fourth-order valence-electron chi connectivity index (χ4n) is 4.77. The number of carbonyl (C=O) groups excluding carboxylic acids is 1. The molecule has 1 N–H and O–H groups in total. The van der Waals surface area contributed by atoms with E-state index in [4.69, 9.17) is 4.74 Å². The van der Waals surface area contributed by atoms with Gasteiger partial charge in [-0.3, -0.25) is 4.90 Å². The van der Waals surface area contributed by atoms with Crippen molar-refractivity contribution in [2.75, 3.05) is 26.7 Å². The summed E-state index contributed by atoms with van der Waals surface area (Å²) in [6.45, 7) is 4.51. The van der Waals surface area contributed by atoms with Gasteiger partial charge in [0.15, 0.2) is 0 Å². The van der Waals surface area contributed by atoms with Crippen LogP contribution in [0.1, 0.15) is 59.0 Å². The molecular weight excluding hydrogens is 460 g/mol. The van der Waals surface area contributed by atoms with Crippen LogP contribution in [-0.2, 0) is 34.1 Å². The molecule has 1 saturated heterocycles. The van der Waals surface area contributed by atoms with Gasteiger partial charge in [-0.2, -0.15) is 4.31 Å². The minimum Gasteiger partial charge on any atom is -0.508 e. The number of phenols is 1. The Morgan fingerprint density at radius 3 is 2.42 bits per heavy atom. The van der Waals surface area contributed by atoms with Crippen LogP contribution >= 0.6 is 11.3 Å². The largest absolute Gasteiger partial charge is 0.508 e. The van der Waals surface area contributed by atoms with E-state index in [9.17, 15) is 18.3 Å². The van der Waals surface area contributed by atoms with E-state index in [-0.39, 0.29) is 21.6 Å². The Morgan fingerprint density at radius 1 is 1.12 bits per heavy atom. The maximum atomic E-state index is 13.6. The van der Waals surface area contributed by atoms with Crippen LogP contribution in [0.4, 0.5) is 0 Å². The maximum absolute atomic E-state index is 13.6. The molecule has 1 aromatic carbocycles. The molecule has 2 aromatic rings. The van der Waals surface area contributed by atoms with Gasteiger partial charge in [-0.15, -0.1) is 11.3 Å². The molecular formula is C24H32N2O5S2. The third-order valence-corrected chi connectivity index (χ3v) is 10.3. The highest BCUT2D eigenvalue weighted by Gasteiger charge is 2.37. The number of aromatic hydroxyl groups is 1. The number of hydrogen-bond acceptors (Lipinski definition) is 7. The maximum Gasteiger partial charge on any atom is 0.340 e. The van der Waals surface area contributed by atoms with Gasteiger partial charge >= 0.3 is 5.97 Å². The highest BCUT2D eigenvalue weighted by molar-refractivity contribution is 7.91. The molecule has 0 saturated carbocycles. The Kier molecular flexibility index (Phi) is 7.43. The van der Waals surface area contributed by atoms with Crippen molar-refractivity contribution in [3.8, 4) is 5.75 Å². The zero-order chi connectivity index (χ0) is 23.6. The summed E-state index contributed by atoms with van der Waals surface area (Å²) in [5, 5.41) is 9.52. The molecule has 0 amide bonds. The molecule has 1 fully saturated rings. The molecule has 1 unspecified atom stereocenters. The van der Waals surface area contributed by atoms with E-state index in [0.717, 1.165) is 54.7 Å². The monoisotopic (exact) mass is 492 g/mol. The van der Waals surface area contributed by atoms with Crippen molar-refractivity contribution in [2.45, 2.75) is 62.2 Å². The number of benzene rings is 1. The van der Waals surface area contributed by atoms with Crippen LogP contribution in [0.25, 0.3) is 0 Å². The zero-order valence-corrected chi connectivity index (χ0v) is 20.9. The van der Waals surface area contributed by atoms with Gasteiger partial charge in [0.1, 0.15) is 9.96 Å². The molecule has 1 atom stereocenters. The number of phenolic OH excluding ortho intramolecular Hbond substituents is 1. The molecule has 9 heteroatoms. The molecule has 3 heterocycles. The fourth-order valence-corrected chi connectivity index (χ4v) is 8.33. The van der Waals surface area contributed by atoms with E-state index in [1.807, 2.05) is 12.1 Å². The quantitative estimate of drug-likeness (QED) is 0.618. The van der Waals surface area contributed by atoms with Crippen LogP contribution < -0.4 is 0 Å². The summed E-state index contributed by atoms with van der Waals surface area (Å²) in [6, 6.07) is 7.47. The summed E-state index contributed by atoms with van der Waals surface area (Å²) in [5.41, 5.74) is 2.21. The molecule has 0 radical (unpaired) electrons. The third kappa shape index (κ3) is 5.11. The molecule has 0 bridgehead atoms. The number of hydrogen-bond donors (Lipinski definition) is 1. The molecule has 2 aliphatic heterocycles. The Bertz CT molecular complexity index is 1090. The molecule has 7 nitrogen and oxygen atoms in total. The Morgan fingerprint density at radius 2 is 1.79 bits per heavy atom. The second kappa shape index (κ2) is 10.1. The molecule has 2 aliphatic rings.